The highest BCUT2D eigenvalue weighted by atomic mass is 14.9. The zero-order valence-electron chi connectivity index (χ0n) is 73.9. The normalized spacial score (nSPS) is 11.2. The first-order valence-corrected chi connectivity index (χ1v) is 45.7. The van der Waals surface area contributed by atoms with Crippen LogP contribution in [0.2, 0.25) is 0 Å². The van der Waals surface area contributed by atoms with Crippen LogP contribution < -0.4 is 0 Å². The molecule has 25 aromatic rings. The van der Waals surface area contributed by atoms with Crippen LogP contribution in [0.25, 0.3) is 244 Å². The summed E-state index contributed by atoms with van der Waals surface area (Å²) in [7, 11) is 0. The minimum Gasteiger partial charge on any atom is -0.264 e. The number of benzene rings is 19. The molecular formula is C127H83N9. The molecule has 136 heavy (non-hydrogen) atoms. The molecule has 0 aliphatic heterocycles. The Kier molecular flexibility index (Phi) is 22.3. The lowest BCUT2D eigenvalue weighted by atomic mass is 9.93. The predicted octanol–water partition coefficient (Wildman–Crippen LogP) is 32.7. The first kappa shape index (κ1) is 82.1. The van der Waals surface area contributed by atoms with Gasteiger partial charge in [-0.1, -0.05) is 382 Å². The van der Waals surface area contributed by atoms with Crippen molar-refractivity contribution in [3.8, 4) is 168 Å². The smallest absolute Gasteiger partial charge is 0.161 e. The molecule has 0 aliphatic carbocycles. The fraction of sp³-hybridized carbons (Fsp3) is 0. The van der Waals surface area contributed by atoms with Crippen molar-refractivity contribution in [3.05, 3.63) is 504 Å². The Morgan fingerprint density at radius 3 is 0.868 bits per heavy atom. The van der Waals surface area contributed by atoms with Crippen LogP contribution in [-0.4, -0.2) is 44.9 Å². The predicted molar refractivity (Wildman–Crippen MR) is 564 cm³/mol. The lowest BCUT2D eigenvalue weighted by molar-refractivity contribution is 1.18. The summed E-state index contributed by atoms with van der Waals surface area (Å²) in [5, 5.41) is 16.8. The quantitative estimate of drug-likeness (QED) is 0.0925. The molecule has 0 spiro atoms. The van der Waals surface area contributed by atoms with Crippen molar-refractivity contribution in [1.29, 1.82) is 0 Å². The Bertz CT molecular complexity index is 8550. The van der Waals surface area contributed by atoms with E-state index in [4.69, 9.17) is 29.9 Å². The molecule has 636 valence electrons. The van der Waals surface area contributed by atoms with Crippen molar-refractivity contribution in [2.75, 3.05) is 0 Å². The maximum atomic E-state index is 5.25. The fourth-order valence-electron chi connectivity index (χ4n) is 18.7. The van der Waals surface area contributed by atoms with E-state index < -0.39 is 0 Å². The van der Waals surface area contributed by atoms with E-state index in [0.717, 1.165) is 150 Å². The Morgan fingerprint density at radius 2 is 0.426 bits per heavy atom. The molecule has 25 rings (SSSR count). The molecule has 0 radical (unpaired) electrons. The maximum absolute atomic E-state index is 5.25. The molecule has 0 bridgehead atoms. The molecule has 6 heterocycles. The molecule has 6 aromatic heterocycles. The van der Waals surface area contributed by atoms with Gasteiger partial charge in [-0.25, -0.2) is 29.9 Å². The van der Waals surface area contributed by atoms with Gasteiger partial charge in [0, 0.05) is 109 Å². The maximum Gasteiger partial charge on any atom is 0.161 e. The van der Waals surface area contributed by atoms with Crippen LogP contribution in [0.3, 0.4) is 0 Å². The van der Waals surface area contributed by atoms with E-state index in [0.29, 0.717) is 17.5 Å². The second-order valence-corrected chi connectivity index (χ2v) is 34.0. The average Bonchev–Trinajstić information content (AvgIpc) is 0.740. The van der Waals surface area contributed by atoms with Crippen molar-refractivity contribution in [2.24, 2.45) is 0 Å². The molecule has 0 saturated heterocycles. The van der Waals surface area contributed by atoms with Crippen LogP contribution in [0.5, 0.6) is 0 Å². The SMILES string of the molecule is c1ccc(-c2cccc(-c3cc(-c4cccc(-c5cccnc5)c4)nc(-c4cc5ccccc5c5ccccc45)n3)c2)cc1.c1ccc(-c2cccc(-c3cc(-c4cccc(-c5cccnc5)c4)nc(-c4ccc5c6ccccc6c6ccccc6c5c4)n3)c2)cc1.c1ccc(-c2cccc(-c3cc(-c4cccc(-c5cncc6ccccc56)c4)nc(-c4ccc5ccccc5c4)n3)c2)cc1. The molecule has 0 unspecified atom stereocenters. The van der Waals surface area contributed by atoms with Crippen molar-refractivity contribution in [2.45, 2.75) is 0 Å². The van der Waals surface area contributed by atoms with Gasteiger partial charge in [0.2, 0.25) is 0 Å². The summed E-state index contributed by atoms with van der Waals surface area (Å²) in [6.07, 6.45) is 11.3. The van der Waals surface area contributed by atoms with Crippen molar-refractivity contribution < 1.29 is 0 Å². The lowest BCUT2D eigenvalue weighted by Gasteiger charge is -2.14. The van der Waals surface area contributed by atoms with E-state index in [1.165, 1.54) is 75.9 Å². The van der Waals surface area contributed by atoms with Gasteiger partial charge in [0.25, 0.3) is 0 Å². The van der Waals surface area contributed by atoms with Crippen LogP contribution >= 0.6 is 0 Å². The van der Waals surface area contributed by atoms with Gasteiger partial charge in [-0.3, -0.25) is 15.0 Å². The molecule has 0 saturated carbocycles. The molecule has 0 N–H and O–H groups in total. The highest BCUT2D eigenvalue weighted by molar-refractivity contribution is 6.26. The van der Waals surface area contributed by atoms with Gasteiger partial charge in [0.05, 0.1) is 34.2 Å². The summed E-state index contributed by atoms with van der Waals surface area (Å²) in [6, 6.07) is 164. The summed E-state index contributed by atoms with van der Waals surface area (Å²) >= 11 is 0. The van der Waals surface area contributed by atoms with Crippen LogP contribution in [0, 0.1) is 0 Å². The van der Waals surface area contributed by atoms with Crippen molar-refractivity contribution in [1.82, 2.24) is 44.9 Å². The standard InChI is InChI=1S/C45H29N3.2C41H27N3/c1-2-11-30(12-3-1)31-13-8-15-33(25-31)43-28-44(34-16-9-14-32(26-34)36-17-10-24-46-29-36)48-45(47-43)35-22-23-41-39-20-5-4-18-37(39)38-19-6-7-21-40(38)42(41)27-35;1-2-11-28(12-3-1)29-14-8-16-32(23-29)39-26-40(33-17-9-15-30(24-33)34-18-10-22-42-27-34)44-41(43-39)38-25-31-13-4-5-19-35(31)36-20-6-7-21-37(36)38;1-2-10-28(11-3-1)31-15-8-17-33(22-31)39-25-40(44-41(43-39)35-21-20-29-12-4-5-13-30(29)23-35)34-18-9-16-32(24-34)38-27-42-26-36-14-6-7-19-37(36)38/h1-29H;2*1-27H. The number of rotatable bonds is 15. The van der Waals surface area contributed by atoms with E-state index in [-0.39, 0.29) is 0 Å². The number of hydrogen-bond acceptors (Lipinski definition) is 9. The van der Waals surface area contributed by atoms with Gasteiger partial charge in [0.1, 0.15) is 0 Å². The van der Waals surface area contributed by atoms with E-state index in [1.54, 1.807) is 12.4 Å². The van der Waals surface area contributed by atoms with Crippen molar-refractivity contribution in [3.63, 3.8) is 0 Å². The monoisotopic (exact) mass is 1730 g/mol. The Balaban J connectivity index is 0.000000115. The van der Waals surface area contributed by atoms with Crippen LogP contribution in [0.15, 0.2) is 504 Å². The summed E-state index contributed by atoms with van der Waals surface area (Å²) < 4.78 is 0. The van der Waals surface area contributed by atoms with E-state index in [9.17, 15) is 0 Å². The van der Waals surface area contributed by atoms with Crippen LogP contribution in [0.1, 0.15) is 0 Å². The third kappa shape index (κ3) is 16.9. The zero-order chi connectivity index (χ0) is 90.5. The van der Waals surface area contributed by atoms with E-state index >= 15 is 0 Å². The Hall–Kier alpha value is -18.3. The first-order chi connectivity index (χ1) is 67.4. The minimum absolute atomic E-state index is 0.693. The zero-order valence-corrected chi connectivity index (χ0v) is 73.9. The molecule has 0 fully saturated rings. The summed E-state index contributed by atoms with van der Waals surface area (Å²) in [5.74, 6) is 2.10. The third-order valence-electron chi connectivity index (χ3n) is 25.4. The number of pyridine rings is 3. The van der Waals surface area contributed by atoms with Gasteiger partial charge in [-0.2, -0.15) is 0 Å². The van der Waals surface area contributed by atoms with Crippen LogP contribution in [-0.2, 0) is 0 Å². The van der Waals surface area contributed by atoms with Crippen molar-refractivity contribution >= 4 is 75.4 Å². The number of hydrogen-bond donors (Lipinski definition) is 0. The summed E-state index contributed by atoms with van der Waals surface area (Å²) in [4.78, 5) is 44.5. The van der Waals surface area contributed by atoms with Gasteiger partial charge in [-0.05, 0) is 205 Å². The molecule has 9 heteroatoms. The van der Waals surface area contributed by atoms with Gasteiger partial charge < -0.3 is 0 Å². The minimum atomic E-state index is 0.693. The lowest BCUT2D eigenvalue weighted by Crippen LogP contribution is -1.97. The Labute approximate surface area is 787 Å². The second kappa shape index (κ2) is 36.9. The highest BCUT2D eigenvalue weighted by Crippen LogP contribution is 2.43. The third-order valence-corrected chi connectivity index (χ3v) is 25.4. The molecule has 0 aliphatic rings. The number of nitrogens with zero attached hydrogens (tertiary/aromatic N) is 9. The number of aromatic nitrogens is 9. The second-order valence-electron chi connectivity index (χ2n) is 34.0. The fourth-order valence-corrected chi connectivity index (χ4v) is 18.7. The van der Waals surface area contributed by atoms with Gasteiger partial charge >= 0.3 is 0 Å². The first-order valence-electron chi connectivity index (χ1n) is 45.7. The van der Waals surface area contributed by atoms with Gasteiger partial charge in [-0.15, -0.1) is 0 Å². The summed E-state index contributed by atoms with van der Waals surface area (Å²) in [5.41, 5.74) is 28.0. The Morgan fingerprint density at radius 1 is 0.118 bits per heavy atom. The summed E-state index contributed by atoms with van der Waals surface area (Å²) in [6.45, 7) is 0. The van der Waals surface area contributed by atoms with E-state index in [2.05, 4.69) is 446 Å². The topological polar surface area (TPSA) is 116 Å². The largest absolute Gasteiger partial charge is 0.264 e. The molecule has 0 atom stereocenters. The molecule has 0 amide bonds. The molecule has 19 aromatic carbocycles. The molecule has 9 nitrogen and oxygen atoms in total. The number of fused-ring (bicyclic) bond motifs is 11. The van der Waals surface area contributed by atoms with Crippen LogP contribution in [0.4, 0.5) is 0 Å². The average molecular weight is 1740 g/mol. The van der Waals surface area contributed by atoms with Gasteiger partial charge in [0.15, 0.2) is 17.5 Å². The van der Waals surface area contributed by atoms with E-state index in [1.807, 2.05) is 61.2 Å². The molecular weight excluding hydrogens is 1650 g/mol. The highest BCUT2D eigenvalue weighted by Gasteiger charge is 2.21.